The van der Waals surface area contributed by atoms with Crippen LogP contribution in [-0.4, -0.2) is 7.05 Å². The first-order valence-electron chi connectivity index (χ1n) is 4.13. The van der Waals surface area contributed by atoms with Crippen molar-refractivity contribution in [1.29, 1.82) is 0 Å². The lowest BCUT2D eigenvalue weighted by atomic mass is 10.2. The Balaban J connectivity index is 2.55. The summed E-state index contributed by atoms with van der Waals surface area (Å²) in [5.41, 5.74) is 0. The number of benzene rings is 1. The van der Waals surface area contributed by atoms with Gasteiger partial charge in [0.05, 0.1) is 0 Å². The van der Waals surface area contributed by atoms with Gasteiger partial charge in [-0.3, -0.25) is 0 Å². The Morgan fingerprint density at radius 3 is 3.00 bits per heavy atom. The Morgan fingerprint density at radius 1 is 1.46 bits per heavy atom. The van der Waals surface area contributed by atoms with Crippen LogP contribution in [0.25, 0.3) is 10.1 Å². The second-order valence-electron chi connectivity index (χ2n) is 2.89. The van der Waals surface area contributed by atoms with Crippen molar-refractivity contribution in [2.75, 3.05) is 7.05 Å². The van der Waals surface area contributed by atoms with Crippen LogP contribution >= 0.6 is 11.3 Å². The van der Waals surface area contributed by atoms with E-state index in [-0.39, 0.29) is 5.82 Å². The average molecular weight is 195 g/mol. The van der Waals surface area contributed by atoms with Crippen molar-refractivity contribution >= 4 is 21.4 Å². The summed E-state index contributed by atoms with van der Waals surface area (Å²) in [4.78, 5) is 1.17. The molecule has 0 aliphatic heterocycles. The molecule has 0 saturated carbocycles. The van der Waals surface area contributed by atoms with Gasteiger partial charge in [-0.2, -0.15) is 0 Å². The lowest BCUT2D eigenvalue weighted by molar-refractivity contribution is 0.640. The minimum atomic E-state index is -0.129. The van der Waals surface area contributed by atoms with E-state index >= 15 is 0 Å². The van der Waals surface area contributed by atoms with E-state index in [2.05, 4.69) is 5.32 Å². The van der Waals surface area contributed by atoms with Crippen LogP contribution < -0.4 is 5.32 Å². The molecule has 1 aromatic heterocycles. The molecule has 2 aromatic rings. The predicted octanol–water partition coefficient (Wildman–Crippen LogP) is 2.76. The van der Waals surface area contributed by atoms with E-state index < -0.39 is 0 Å². The summed E-state index contributed by atoms with van der Waals surface area (Å²) in [6.07, 6.45) is 0. The monoisotopic (exact) mass is 195 g/mol. The van der Waals surface area contributed by atoms with Crippen molar-refractivity contribution in [2.24, 2.45) is 0 Å². The lowest BCUT2D eigenvalue weighted by Gasteiger charge is -1.89. The molecular weight excluding hydrogens is 185 g/mol. The first kappa shape index (κ1) is 8.66. The average Bonchev–Trinajstić information content (AvgIpc) is 2.49. The molecule has 1 aromatic carbocycles. The third-order valence-corrected chi connectivity index (χ3v) is 3.01. The van der Waals surface area contributed by atoms with E-state index in [1.54, 1.807) is 17.4 Å². The van der Waals surface area contributed by atoms with Gasteiger partial charge < -0.3 is 5.32 Å². The van der Waals surface area contributed by atoms with Crippen molar-refractivity contribution in [1.82, 2.24) is 5.32 Å². The van der Waals surface area contributed by atoms with Crippen molar-refractivity contribution in [2.45, 2.75) is 6.54 Å². The maximum atomic E-state index is 13.2. The zero-order valence-electron chi connectivity index (χ0n) is 7.30. The lowest BCUT2D eigenvalue weighted by Crippen LogP contribution is -2.02. The van der Waals surface area contributed by atoms with Crippen molar-refractivity contribution in [3.8, 4) is 0 Å². The second-order valence-corrected chi connectivity index (χ2v) is 4.06. The van der Waals surface area contributed by atoms with Crippen LogP contribution in [0.5, 0.6) is 0 Å². The van der Waals surface area contributed by atoms with E-state index in [9.17, 15) is 4.39 Å². The molecule has 68 valence electrons. The van der Waals surface area contributed by atoms with Crippen molar-refractivity contribution in [3.05, 3.63) is 35.0 Å². The number of fused-ring (bicyclic) bond motifs is 1. The largest absolute Gasteiger partial charge is 0.315 e. The Morgan fingerprint density at radius 2 is 2.31 bits per heavy atom. The predicted molar refractivity (Wildman–Crippen MR) is 54.5 cm³/mol. The molecule has 13 heavy (non-hydrogen) atoms. The van der Waals surface area contributed by atoms with Gasteiger partial charge in [-0.25, -0.2) is 4.39 Å². The van der Waals surface area contributed by atoms with Crippen LogP contribution in [0.1, 0.15) is 4.88 Å². The molecule has 0 aliphatic rings. The summed E-state index contributed by atoms with van der Waals surface area (Å²) in [7, 11) is 1.89. The molecule has 1 heterocycles. The van der Waals surface area contributed by atoms with Crippen LogP contribution in [-0.2, 0) is 6.54 Å². The normalized spacial score (nSPS) is 10.9. The fourth-order valence-corrected chi connectivity index (χ4v) is 2.43. The molecule has 1 nitrogen and oxygen atoms in total. The first-order chi connectivity index (χ1) is 6.31. The van der Waals surface area contributed by atoms with Crippen molar-refractivity contribution < 1.29 is 4.39 Å². The van der Waals surface area contributed by atoms with E-state index in [1.807, 2.05) is 19.2 Å². The summed E-state index contributed by atoms with van der Waals surface area (Å²) in [6, 6.07) is 7.10. The smallest absolute Gasteiger partial charge is 0.131 e. The molecule has 0 amide bonds. The molecule has 0 bridgehead atoms. The maximum Gasteiger partial charge on any atom is 0.131 e. The minimum Gasteiger partial charge on any atom is -0.315 e. The van der Waals surface area contributed by atoms with Gasteiger partial charge in [0, 0.05) is 21.5 Å². The molecule has 2 rings (SSSR count). The van der Waals surface area contributed by atoms with Gasteiger partial charge in [-0.15, -0.1) is 11.3 Å². The third-order valence-electron chi connectivity index (χ3n) is 1.91. The number of rotatable bonds is 2. The van der Waals surface area contributed by atoms with Gasteiger partial charge in [0.2, 0.25) is 0 Å². The Kier molecular flexibility index (Phi) is 2.29. The van der Waals surface area contributed by atoms with Gasteiger partial charge in [0.15, 0.2) is 0 Å². The summed E-state index contributed by atoms with van der Waals surface area (Å²) in [5.74, 6) is -0.129. The van der Waals surface area contributed by atoms with Gasteiger partial charge in [-0.1, -0.05) is 6.07 Å². The molecule has 0 saturated heterocycles. The highest BCUT2D eigenvalue weighted by atomic mass is 32.1. The van der Waals surface area contributed by atoms with Crippen molar-refractivity contribution in [3.63, 3.8) is 0 Å². The van der Waals surface area contributed by atoms with E-state index in [0.717, 1.165) is 16.6 Å². The molecule has 0 aliphatic carbocycles. The quantitative estimate of drug-likeness (QED) is 0.777. The highest BCUT2D eigenvalue weighted by Crippen LogP contribution is 2.27. The molecule has 3 heteroatoms. The number of hydrogen-bond acceptors (Lipinski definition) is 2. The summed E-state index contributed by atoms with van der Waals surface area (Å²) in [5, 5.41) is 3.79. The molecular formula is C10H10FNS. The molecule has 0 fully saturated rings. The number of nitrogens with one attached hydrogen (secondary N) is 1. The van der Waals surface area contributed by atoms with E-state index in [0.29, 0.717) is 0 Å². The Bertz CT molecular complexity index is 422. The standard InChI is InChI=1S/C10H10FNS/c1-12-6-7-5-8-9(11)3-2-4-10(8)13-7/h2-5,12H,6H2,1H3. The van der Waals surface area contributed by atoms with Gasteiger partial charge >= 0.3 is 0 Å². The summed E-state index contributed by atoms with van der Waals surface area (Å²) in [6.45, 7) is 0.804. The first-order valence-corrected chi connectivity index (χ1v) is 4.94. The SMILES string of the molecule is CNCc1cc2c(F)cccc2s1. The fraction of sp³-hybridized carbons (Fsp3) is 0.200. The maximum absolute atomic E-state index is 13.2. The van der Waals surface area contributed by atoms with Gasteiger partial charge in [0.25, 0.3) is 0 Å². The number of hydrogen-bond donors (Lipinski definition) is 1. The van der Waals surface area contributed by atoms with Crippen LogP contribution in [0.3, 0.4) is 0 Å². The van der Waals surface area contributed by atoms with Crippen LogP contribution in [0, 0.1) is 5.82 Å². The highest BCUT2D eigenvalue weighted by molar-refractivity contribution is 7.19. The fourth-order valence-electron chi connectivity index (χ4n) is 1.34. The molecule has 1 N–H and O–H groups in total. The zero-order chi connectivity index (χ0) is 9.26. The highest BCUT2D eigenvalue weighted by Gasteiger charge is 2.04. The van der Waals surface area contributed by atoms with Gasteiger partial charge in [0.1, 0.15) is 5.82 Å². The minimum absolute atomic E-state index is 0.129. The van der Waals surface area contributed by atoms with E-state index in [4.69, 9.17) is 0 Å². The van der Waals surface area contributed by atoms with Crippen LogP contribution in [0.4, 0.5) is 4.39 Å². The molecule has 0 unspecified atom stereocenters. The molecule has 0 radical (unpaired) electrons. The summed E-state index contributed by atoms with van der Waals surface area (Å²) < 4.78 is 14.2. The molecule has 0 atom stereocenters. The van der Waals surface area contributed by atoms with Crippen LogP contribution in [0.2, 0.25) is 0 Å². The second kappa shape index (κ2) is 3.44. The van der Waals surface area contributed by atoms with Crippen LogP contribution in [0.15, 0.2) is 24.3 Å². The third kappa shape index (κ3) is 1.57. The van der Waals surface area contributed by atoms with E-state index in [1.165, 1.54) is 10.9 Å². The van der Waals surface area contributed by atoms with Gasteiger partial charge in [-0.05, 0) is 25.2 Å². The number of thiophene rings is 1. The topological polar surface area (TPSA) is 12.0 Å². The molecule has 0 spiro atoms. The Labute approximate surface area is 80.2 Å². The zero-order valence-corrected chi connectivity index (χ0v) is 8.12. The number of halogens is 1. The Hall–Kier alpha value is -0.930. The summed E-state index contributed by atoms with van der Waals surface area (Å²) >= 11 is 1.63.